The maximum absolute atomic E-state index is 12.1. The van der Waals surface area contributed by atoms with Gasteiger partial charge in [0, 0.05) is 28.4 Å². The van der Waals surface area contributed by atoms with Crippen LogP contribution in [0.2, 0.25) is 5.02 Å². The first kappa shape index (κ1) is 18.1. The minimum Gasteiger partial charge on any atom is -0.449 e. The monoisotopic (exact) mass is 382 g/mol. The van der Waals surface area contributed by atoms with Crippen molar-refractivity contribution in [2.45, 2.75) is 44.9 Å². The third kappa shape index (κ3) is 3.59. The molecule has 1 fully saturated rings. The Labute approximate surface area is 164 Å². The predicted molar refractivity (Wildman–Crippen MR) is 110 cm³/mol. The third-order valence-electron chi connectivity index (χ3n) is 5.34. The number of carbonyl (C=O) groups is 1. The zero-order chi connectivity index (χ0) is 18.8. The van der Waals surface area contributed by atoms with Crippen LogP contribution in [0.4, 0.5) is 4.79 Å². The fraction of sp³-hybridized carbons (Fsp3) is 0.364. The number of nitrogens with zero attached hydrogens (tertiary/aromatic N) is 2. The summed E-state index contributed by atoms with van der Waals surface area (Å²) in [6, 6.07) is 5.89. The number of rotatable bonds is 2. The molecule has 1 aromatic heterocycles. The number of carbonyl (C=O) groups excluding carboxylic acids is 1. The summed E-state index contributed by atoms with van der Waals surface area (Å²) in [5.41, 5.74) is 4.22. The van der Waals surface area contributed by atoms with Crippen molar-refractivity contribution in [2.24, 2.45) is 0 Å². The largest absolute Gasteiger partial charge is 0.449 e. The Morgan fingerprint density at radius 2 is 2.00 bits per heavy atom. The molecule has 2 aliphatic rings. The van der Waals surface area contributed by atoms with Gasteiger partial charge in [-0.25, -0.2) is 9.78 Å². The molecule has 1 aliphatic carbocycles. The van der Waals surface area contributed by atoms with Gasteiger partial charge in [-0.3, -0.25) is 4.90 Å². The first-order valence-electron chi connectivity index (χ1n) is 9.62. The number of benzene rings is 1. The summed E-state index contributed by atoms with van der Waals surface area (Å²) in [5, 5.41) is 1.85. The molecule has 0 bridgehead atoms. The molecule has 2 heterocycles. The highest BCUT2D eigenvalue weighted by Crippen LogP contribution is 2.40. The number of amides is 1. The van der Waals surface area contributed by atoms with Crippen molar-refractivity contribution in [3.8, 4) is 0 Å². The van der Waals surface area contributed by atoms with Gasteiger partial charge in [0.05, 0.1) is 17.8 Å². The minimum atomic E-state index is -0.385. The molecule has 0 radical (unpaired) electrons. The zero-order valence-electron chi connectivity index (χ0n) is 15.5. The highest BCUT2D eigenvalue weighted by molar-refractivity contribution is 6.31. The van der Waals surface area contributed by atoms with Crippen molar-refractivity contribution in [1.82, 2.24) is 9.88 Å². The van der Waals surface area contributed by atoms with E-state index in [1.165, 1.54) is 42.6 Å². The molecular formula is C22H23ClN2O2. The van der Waals surface area contributed by atoms with Gasteiger partial charge >= 0.3 is 6.09 Å². The van der Waals surface area contributed by atoms with Crippen molar-refractivity contribution < 1.29 is 9.53 Å². The van der Waals surface area contributed by atoms with Crippen LogP contribution in [0.5, 0.6) is 0 Å². The minimum absolute atomic E-state index is 0.345. The number of ether oxygens (including phenoxy) is 1. The maximum Gasteiger partial charge on any atom is 0.417 e. The Kier molecular flexibility index (Phi) is 5.17. The van der Waals surface area contributed by atoms with E-state index in [0.717, 1.165) is 27.2 Å². The van der Waals surface area contributed by atoms with Gasteiger partial charge in [-0.1, -0.05) is 30.9 Å². The van der Waals surface area contributed by atoms with Crippen molar-refractivity contribution >= 4 is 40.7 Å². The Balaban J connectivity index is 1.87. The van der Waals surface area contributed by atoms with E-state index in [2.05, 4.69) is 0 Å². The van der Waals surface area contributed by atoms with Gasteiger partial charge in [0.25, 0.3) is 0 Å². The van der Waals surface area contributed by atoms with Gasteiger partial charge in [0.1, 0.15) is 0 Å². The van der Waals surface area contributed by atoms with Crippen molar-refractivity contribution in [3.05, 3.63) is 52.4 Å². The lowest BCUT2D eigenvalue weighted by Crippen LogP contribution is -2.20. The van der Waals surface area contributed by atoms with Crippen LogP contribution in [-0.4, -0.2) is 22.6 Å². The van der Waals surface area contributed by atoms with E-state index in [1.807, 2.05) is 30.4 Å². The number of fused-ring (bicyclic) bond motifs is 2. The van der Waals surface area contributed by atoms with Crippen LogP contribution >= 0.6 is 11.6 Å². The molecule has 4 nitrogen and oxygen atoms in total. The highest BCUT2D eigenvalue weighted by atomic mass is 35.5. The average Bonchev–Trinajstić information content (AvgIpc) is 2.89. The van der Waals surface area contributed by atoms with Gasteiger partial charge in [-0.2, -0.15) is 0 Å². The maximum atomic E-state index is 12.1. The summed E-state index contributed by atoms with van der Waals surface area (Å²) < 4.78 is 5.12. The first-order chi connectivity index (χ1) is 13.2. The fourth-order valence-electron chi connectivity index (χ4n) is 4.10. The lowest BCUT2D eigenvalue weighted by molar-refractivity contribution is 0.134. The summed E-state index contributed by atoms with van der Waals surface area (Å²) >= 11 is 6.32. The normalized spacial score (nSPS) is 17.0. The molecule has 0 unspecified atom stereocenters. The molecule has 0 N–H and O–H groups in total. The third-order valence-corrected chi connectivity index (χ3v) is 5.58. The molecule has 140 valence electrons. The molecule has 0 atom stereocenters. The molecule has 1 saturated carbocycles. The van der Waals surface area contributed by atoms with Crippen LogP contribution in [0, 0.1) is 0 Å². The van der Waals surface area contributed by atoms with Gasteiger partial charge < -0.3 is 4.74 Å². The molecular weight excluding hydrogens is 360 g/mol. The predicted octanol–water partition coefficient (Wildman–Crippen LogP) is 6.35. The van der Waals surface area contributed by atoms with Crippen LogP contribution < -0.4 is 0 Å². The van der Waals surface area contributed by atoms with E-state index >= 15 is 0 Å². The van der Waals surface area contributed by atoms with E-state index < -0.39 is 0 Å². The Morgan fingerprint density at radius 1 is 1.22 bits per heavy atom. The fourth-order valence-corrected chi connectivity index (χ4v) is 4.28. The van der Waals surface area contributed by atoms with Gasteiger partial charge in [0.2, 0.25) is 0 Å². The number of halogens is 1. The van der Waals surface area contributed by atoms with Crippen molar-refractivity contribution in [2.75, 3.05) is 6.61 Å². The summed E-state index contributed by atoms with van der Waals surface area (Å²) in [7, 11) is 0. The van der Waals surface area contributed by atoms with E-state index in [1.54, 1.807) is 19.3 Å². The second kappa shape index (κ2) is 7.73. The molecule has 5 heteroatoms. The standard InChI is InChI=1S/C22H23ClN2O2/c1-2-27-22(26)25-12-10-17-20(11-13-25)24-19-9-8-16(23)14-18(19)21(17)15-6-4-3-5-7-15/h8-15H,2-7H2,1H3. The number of pyridine rings is 1. The van der Waals surface area contributed by atoms with E-state index in [4.69, 9.17) is 21.3 Å². The van der Waals surface area contributed by atoms with Gasteiger partial charge in [-0.05, 0) is 61.6 Å². The second-order valence-corrected chi connectivity index (χ2v) is 7.49. The Morgan fingerprint density at radius 3 is 2.78 bits per heavy atom. The summed E-state index contributed by atoms with van der Waals surface area (Å²) in [4.78, 5) is 18.4. The number of aromatic nitrogens is 1. The molecule has 1 amide bonds. The average molecular weight is 383 g/mol. The highest BCUT2D eigenvalue weighted by Gasteiger charge is 2.24. The number of hydrogen-bond donors (Lipinski definition) is 0. The van der Waals surface area contributed by atoms with Gasteiger partial charge in [-0.15, -0.1) is 0 Å². The molecule has 0 saturated heterocycles. The Bertz CT molecular complexity index is 930. The topological polar surface area (TPSA) is 42.4 Å². The van der Waals surface area contributed by atoms with Crippen molar-refractivity contribution in [3.63, 3.8) is 0 Å². The molecule has 2 aromatic rings. The summed E-state index contributed by atoms with van der Waals surface area (Å²) in [6.07, 6.45) is 13.1. The van der Waals surface area contributed by atoms with E-state index in [-0.39, 0.29) is 6.09 Å². The van der Waals surface area contributed by atoms with Crippen LogP contribution in [0.1, 0.15) is 61.8 Å². The quantitative estimate of drug-likeness (QED) is 0.607. The summed E-state index contributed by atoms with van der Waals surface area (Å²) in [6.45, 7) is 2.15. The Hall–Kier alpha value is -2.33. The molecule has 1 aliphatic heterocycles. The van der Waals surface area contributed by atoms with Crippen LogP contribution in [0.3, 0.4) is 0 Å². The second-order valence-electron chi connectivity index (χ2n) is 7.06. The van der Waals surface area contributed by atoms with Crippen LogP contribution in [-0.2, 0) is 4.74 Å². The number of hydrogen-bond acceptors (Lipinski definition) is 3. The lowest BCUT2D eigenvalue weighted by Gasteiger charge is -2.26. The van der Waals surface area contributed by atoms with Gasteiger partial charge in [0.15, 0.2) is 0 Å². The first-order valence-corrected chi connectivity index (χ1v) is 10.00. The van der Waals surface area contributed by atoms with Crippen LogP contribution in [0.15, 0.2) is 30.6 Å². The zero-order valence-corrected chi connectivity index (χ0v) is 16.2. The molecule has 4 rings (SSSR count). The SMILES string of the molecule is CCOC(=O)N1C=Cc2nc3ccc(Cl)cc3c(C3CCCCC3)c2C=C1. The van der Waals surface area contributed by atoms with Crippen molar-refractivity contribution in [1.29, 1.82) is 0 Å². The summed E-state index contributed by atoms with van der Waals surface area (Å²) in [5.74, 6) is 0.490. The molecule has 1 aromatic carbocycles. The molecule has 27 heavy (non-hydrogen) atoms. The van der Waals surface area contributed by atoms with E-state index in [9.17, 15) is 4.79 Å². The smallest absolute Gasteiger partial charge is 0.417 e. The lowest BCUT2D eigenvalue weighted by atomic mass is 9.80. The van der Waals surface area contributed by atoms with E-state index in [0.29, 0.717) is 12.5 Å². The van der Waals surface area contributed by atoms with Crippen LogP contribution in [0.25, 0.3) is 23.1 Å². The molecule has 0 spiro atoms.